The summed E-state index contributed by atoms with van der Waals surface area (Å²) >= 11 is 0. The largest absolute Gasteiger partial charge is 0.206 e. The third-order valence-corrected chi connectivity index (χ3v) is 5.70. The van der Waals surface area contributed by atoms with Crippen molar-refractivity contribution in [3.63, 3.8) is 0 Å². The van der Waals surface area contributed by atoms with Gasteiger partial charge in [0.2, 0.25) is 0 Å². The molecule has 1 atom stereocenters. The van der Waals surface area contributed by atoms with Crippen molar-refractivity contribution >= 4 is 14.5 Å². The van der Waals surface area contributed by atoms with Crippen LogP contribution in [-0.4, -0.2) is 0 Å². The quantitative estimate of drug-likeness (QED) is 0.598. The summed E-state index contributed by atoms with van der Waals surface area (Å²) in [5.41, 5.74) is 3.71. The highest BCUT2D eigenvalue weighted by Gasteiger charge is 2.21. The summed E-state index contributed by atoms with van der Waals surface area (Å²) < 4.78 is 13.4. The molecule has 122 valence electrons. The van der Waals surface area contributed by atoms with Crippen molar-refractivity contribution < 1.29 is 4.39 Å². The fraction of sp³-hybridized carbons (Fsp3) is 0.429. The van der Waals surface area contributed by atoms with E-state index in [-0.39, 0.29) is 5.82 Å². The molecular weight excluding hydrogens is 302 g/mol. The second-order valence-corrected chi connectivity index (χ2v) is 7.49. The fourth-order valence-corrected chi connectivity index (χ4v) is 4.14. The van der Waals surface area contributed by atoms with Crippen molar-refractivity contribution in [2.75, 3.05) is 0 Å². The highest BCUT2D eigenvalue weighted by molar-refractivity contribution is 7.27. The fourth-order valence-electron chi connectivity index (χ4n) is 3.86. The molecule has 2 heteroatoms. The monoisotopic (exact) mass is 328 g/mol. The predicted molar refractivity (Wildman–Crippen MR) is 101 cm³/mol. The molecular formula is C21H26FP. The highest BCUT2D eigenvalue weighted by atomic mass is 31.0. The van der Waals surface area contributed by atoms with Gasteiger partial charge in [-0.15, -0.1) is 9.24 Å². The Labute approximate surface area is 141 Å². The zero-order valence-electron chi connectivity index (χ0n) is 13.9. The third-order valence-electron chi connectivity index (χ3n) is 5.26. The van der Waals surface area contributed by atoms with E-state index < -0.39 is 0 Å². The van der Waals surface area contributed by atoms with Gasteiger partial charge in [0.1, 0.15) is 5.82 Å². The first-order chi connectivity index (χ1) is 11.2. The smallest absolute Gasteiger partial charge is 0.130 e. The Morgan fingerprint density at radius 2 is 1.61 bits per heavy atom. The molecule has 0 heterocycles. The Morgan fingerprint density at radius 3 is 2.22 bits per heavy atom. The van der Waals surface area contributed by atoms with E-state index in [1.54, 1.807) is 6.07 Å². The summed E-state index contributed by atoms with van der Waals surface area (Å²) in [6, 6.07) is 14.2. The maximum Gasteiger partial charge on any atom is 0.130 e. The molecule has 1 fully saturated rings. The molecule has 1 aliphatic carbocycles. The van der Waals surface area contributed by atoms with Gasteiger partial charge in [0.25, 0.3) is 0 Å². The molecule has 23 heavy (non-hydrogen) atoms. The van der Waals surface area contributed by atoms with E-state index in [9.17, 15) is 4.39 Å². The van der Waals surface area contributed by atoms with Crippen LogP contribution in [0, 0.1) is 11.7 Å². The SMILES string of the molecule is CCCC1CCC(c2ccc(-c3ccc(F)c(P)c3)cc2)CC1. The van der Waals surface area contributed by atoms with E-state index in [1.807, 2.05) is 12.1 Å². The van der Waals surface area contributed by atoms with Gasteiger partial charge >= 0.3 is 0 Å². The van der Waals surface area contributed by atoms with E-state index in [0.717, 1.165) is 23.0 Å². The lowest BCUT2D eigenvalue weighted by atomic mass is 9.77. The van der Waals surface area contributed by atoms with Crippen LogP contribution in [0.3, 0.4) is 0 Å². The Bertz CT molecular complexity index is 639. The number of hydrogen-bond acceptors (Lipinski definition) is 0. The molecule has 0 amide bonds. The van der Waals surface area contributed by atoms with E-state index in [2.05, 4.69) is 40.4 Å². The molecule has 0 aromatic heterocycles. The third kappa shape index (κ3) is 4.01. The molecule has 0 aliphatic heterocycles. The highest BCUT2D eigenvalue weighted by Crippen LogP contribution is 2.37. The molecule has 0 N–H and O–H groups in total. The first-order valence-corrected chi connectivity index (χ1v) is 9.40. The van der Waals surface area contributed by atoms with Crippen LogP contribution in [0.15, 0.2) is 42.5 Å². The molecule has 0 bridgehead atoms. The summed E-state index contributed by atoms with van der Waals surface area (Å²) in [4.78, 5) is 0. The van der Waals surface area contributed by atoms with Gasteiger partial charge in [0.05, 0.1) is 0 Å². The summed E-state index contributed by atoms with van der Waals surface area (Å²) in [5, 5.41) is 0.626. The van der Waals surface area contributed by atoms with E-state index in [0.29, 0.717) is 5.30 Å². The van der Waals surface area contributed by atoms with Crippen molar-refractivity contribution in [3.8, 4) is 11.1 Å². The minimum atomic E-state index is -0.167. The minimum absolute atomic E-state index is 0.167. The van der Waals surface area contributed by atoms with E-state index in [1.165, 1.54) is 44.1 Å². The summed E-state index contributed by atoms with van der Waals surface area (Å²) in [5.74, 6) is 1.51. The molecule has 0 spiro atoms. The van der Waals surface area contributed by atoms with Gasteiger partial charge in [-0.1, -0.05) is 50.1 Å². The van der Waals surface area contributed by atoms with Crippen molar-refractivity contribution in [3.05, 3.63) is 53.8 Å². The molecule has 1 unspecified atom stereocenters. The van der Waals surface area contributed by atoms with Gasteiger partial charge in [-0.25, -0.2) is 4.39 Å². The zero-order chi connectivity index (χ0) is 16.2. The lowest BCUT2D eigenvalue weighted by Gasteiger charge is -2.28. The minimum Gasteiger partial charge on any atom is -0.206 e. The van der Waals surface area contributed by atoms with E-state index in [4.69, 9.17) is 0 Å². The van der Waals surface area contributed by atoms with Crippen LogP contribution < -0.4 is 5.30 Å². The van der Waals surface area contributed by atoms with Gasteiger partial charge in [-0.3, -0.25) is 0 Å². The van der Waals surface area contributed by atoms with Crippen LogP contribution >= 0.6 is 9.24 Å². The molecule has 0 saturated heterocycles. The molecule has 1 saturated carbocycles. The van der Waals surface area contributed by atoms with Gasteiger partial charge in [-0.2, -0.15) is 0 Å². The number of rotatable bonds is 4. The van der Waals surface area contributed by atoms with Crippen LogP contribution in [0.1, 0.15) is 56.9 Å². The summed E-state index contributed by atoms with van der Waals surface area (Å²) in [6.45, 7) is 2.29. The van der Waals surface area contributed by atoms with Crippen molar-refractivity contribution in [1.29, 1.82) is 0 Å². The lowest BCUT2D eigenvalue weighted by molar-refractivity contribution is 0.308. The second kappa shape index (κ2) is 7.58. The van der Waals surface area contributed by atoms with Crippen molar-refractivity contribution in [2.24, 2.45) is 5.92 Å². The molecule has 0 nitrogen and oxygen atoms in total. The number of halogens is 1. The average Bonchev–Trinajstić information content (AvgIpc) is 2.59. The molecule has 3 rings (SSSR count). The summed E-state index contributed by atoms with van der Waals surface area (Å²) in [7, 11) is 2.46. The van der Waals surface area contributed by atoms with Crippen LogP contribution in [-0.2, 0) is 0 Å². The zero-order valence-corrected chi connectivity index (χ0v) is 15.0. The average molecular weight is 328 g/mol. The van der Waals surface area contributed by atoms with E-state index >= 15 is 0 Å². The maximum absolute atomic E-state index is 13.4. The topological polar surface area (TPSA) is 0 Å². The maximum atomic E-state index is 13.4. The van der Waals surface area contributed by atoms with Crippen LogP contribution in [0.4, 0.5) is 4.39 Å². The Hall–Kier alpha value is -1.20. The van der Waals surface area contributed by atoms with Gasteiger partial charge in [0, 0.05) is 5.30 Å². The lowest BCUT2D eigenvalue weighted by Crippen LogP contribution is -2.13. The van der Waals surface area contributed by atoms with Crippen molar-refractivity contribution in [1.82, 2.24) is 0 Å². The Kier molecular flexibility index (Phi) is 5.49. The Morgan fingerprint density at radius 1 is 0.957 bits per heavy atom. The predicted octanol–water partition coefficient (Wildman–Crippen LogP) is 6.07. The Balaban J connectivity index is 1.69. The van der Waals surface area contributed by atoms with Gasteiger partial charge in [0.15, 0.2) is 0 Å². The van der Waals surface area contributed by atoms with Crippen LogP contribution in [0.25, 0.3) is 11.1 Å². The van der Waals surface area contributed by atoms with Crippen molar-refractivity contribution in [2.45, 2.75) is 51.4 Å². The summed E-state index contributed by atoms with van der Waals surface area (Å²) in [6.07, 6.45) is 8.14. The molecule has 2 aromatic carbocycles. The molecule has 0 radical (unpaired) electrons. The molecule has 2 aromatic rings. The number of benzene rings is 2. The first kappa shape index (κ1) is 16.7. The van der Waals surface area contributed by atoms with Gasteiger partial charge in [-0.05, 0) is 66.3 Å². The second-order valence-electron chi connectivity index (χ2n) is 6.86. The standard InChI is InChI=1S/C21H26FP/c1-2-3-15-4-6-16(7-5-15)17-8-10-18(11-9-17)19-12-13-20(22)21(23)14-19/h8-16H,2-7,23H2,1H3. The first-order valence-electron chi connectivity index (χ1n) is 8.82. The van der Waals surface area contributed by atoms with Crippen LogP contribution in [0.2, 0.25) is 0 Å². The molecule has 1 aliphatic rings. The van der Waals surface area contributed by atoms with Crippen LogP contribution in [0.5, 0.6) is 0 Å². The number of hydrogen-bond donors (Lipinski definition) is 0. The van der Waals surface area contributed by atoms with Gasteiger partial charge < -0.3 is 0 Å². The normalized spacial score (nSPS) is 21.3.